The second-order valence-electron chi connectivity index (χ2n) is 6.21. The highest BCUT2D eigenvalue weighted by molar-refractivity contribution is 7.99. The van der Waals surface area contributed by atoms with E-state index in [1.165, 1.54) is 23.9 Å². The number of rotatable bonds is 3. The molecule has 0 bridgehead atoms. The van der Waals surface area contributed by atoms with Crippen molar-refractivity contribution in [2.45, 2.75) is 24.3 Å². The van der Waals surface area contributed by atoms with E-state index >= 15 is 0 Å². The molecule has 0 amide bonds. The summed E-state index contributed by atoms with van der Waals surface area (Å²) >= 11 is 1.11. The molecule has 0 aliphatic carbocycles. The molecule has 13 heteroatoms. The normalized spacial score (nSPS) is 12.9. The first kappa shape index (κ1) is 20.4. The molecule has 0 unspecified atom stereocenters. The van der Waals surface area contributed by atoms with Gasteiger partial charge in [-0.05, 0) is 17.9 Å². The van der Waals surface area contributed by atoms with Gasteiger partial charge < -0.3 is 4.57 Å². The summed E-state index contributed by atoms with van der Waals surface area (Å²) in [5.41, 5.74) is -1.93. The average molecular weight is 446 g/mol. The van der Waals surface area contributed by atoms with Gasteiger partial charge in [0.25, 0.3) is 0 Å². The standard InChI is InChI=1S/C17H12F6N6S/c1-3-30-15-12(27-11-7-24-6-10(29(11)15)17(21,22)23)14-25-8-4-5-9(16(18,19)20)26-13(8)28(14)2/h4-7H,3H2,1-2H3. The molecule has 158 valence electrons. The Morgan fingerprint density at radius 1 is 0.967 bits per heavy atom. The molecular formula is C17H12F6N6S. The Balaban J connectivity index is 2.01. The average Bonchev–Trinajstić information content (AvgIpc) is 3.18. The molecule has 4 heterocycles. The first-order valence-electron chi connectivity index (χ1n) is 8.50. The molecule has 30 heavy (non-hydrogen) atoms. The van der Waals surface area contributed by atoms with Gasteiger partial charge in [-0.25, -0.2) is 15.0 Å². The molecule has 0 aliphatic rings. The number of pyridine rings is 1. The first-order valence-corrected chi connectivity index (χ1v) is 9.48. The molecular weight excluding hydrogens is 434 g/mol. The Kier molecular flexibility index (Phi) is 4.67. The van der Waals surface area contributed by atoms with Crippen molar-refractivity contribution in [1.29, 1.82) is 0 Å². The number of alkyl halides is 6. The number of fused-ring (bicyclic) bond motifs is 2. The van der Waals surface area contributed by atoms with Crippen LogP contribution in [0.1, 0.15) is 18.3 Å². The molecule has 0 saturated carbocycles. The fourth-order valence-corrected chi connectivity index (χ4v) is 3.89. The number of imidazole rings is 2. The monoisotopic (exact) mass is 446 g/mol. The van der Waals surface area contributed by atoms with Crippen molar-refractivity contribution in [3.05, 3.63) is 35.9 Å². The van der Waals surface area contributed by atoms with Crippen LogP contribution in [0, 0.1) is 0 Å². The topological polar surface area (TPSA) is 60.9 Å². The summed E-state index contributed by atoms with van der Waals surface area (Å²) < 4.78 is 81.8. The minimum Gasteiger partial charge on any atom is -0.310 e. The zero-order chi connectivity index (χ0) is 21.8. The van der Waals surface area contributed by atoms with Crippen LogP contribution in [0.2, 0.25) is 0 Å². The number of aromatic nitrogens is 6. The van der Waals surface area contributed by atoms with Gasteiger partial charge in [0.1, 0.15) is 27.6 Å². The van der Waals surface area contributed by atoms with Gasteiger partial charge in [0.2, 0.25) is 0 Å². The molecule has 0 atom stereocenters. The highest BCUT2D eigenvalue weighted by atomic mass is 32.2. The van der Waals surface area contributed by atoms with E-state index in [1.807, 2.05) is 0 Å². The lowest BCUT2D eigenvalue weighted by Crippen LogP contribution is -2.12. The Labute approximate surface area is 169 Å². The Morgan fingerprint density at radius 2 is 1.70 bits per heavy atom. The third kappa shape index (κ3) is 3.26. The largest absolute Gasteiger partial charge is 0.433 e. The number of hydrogen-bond donors (Lipinski definition) is 0. The third-order valence-electron chi connectivity index (χ3n) is 4.28. The molecule has 0 N–H and O–H groups in total. The van der Waals surface area contributed by atoms with Gasteiger partial charge in [0.05, 0.1) is 12.4 Å². The third-order valence-corrected chi connectivity index (χ3v) is 5.22. The van der Waals surface area contributed by atoms with Gasteiger partial charge in [-0.3, -0.25) is 9.38 Å². The summed E-state index contributed by atoms with van der Waals surface area (Å²) in [6.07, 6.45) is -7.44. The molecule has 0 aliphatic heterocycles. The highest BCUT2D eigenvalue weighted by Crippen LogP contribution is 2.37. The Hall–Kier alpha value is -2.83. The minimum atomic E-state index is -4.68. The Morgan fingerprint density at radius 3 is 2.33 bits per heavy atom. The van der Waals surface area contributed by atoms with E-state index in [4.69, 9.17) is 0 Å². The highest BCUT2D eigenvalue weighted by Gasteiger charge is 2.36. The lowest BCUT2D eigenvalue weighted by molar-refractivity contribution is -0.142. The zero-order valence-corrected chi connectivity index (χ0v) is 16.2. The SMILES string of the molecule is CCSc1c(-c2nc3ccc(C(F)(F)F)nc3n2C)nc2cncc(C(F)(F)F)n12. The van der Waals surface area contributed by atoms with Crippen LogP contribution in [0.25, 0.3) is 28.3 Å². The van der Waals surface area contributed by atoms with Crippen LogP contribution >= 0.6 is 11.8 Å². The van der Waals surface area contributed by atoms with Crippen LogP contribution < -0.4 is 0 Å². The lowest BCUT2D eigenvalue weighted by Gasteiger charge is -2.11. The van der Waals surface area contributed by atoms with Crippen LogP contribution in [0.3, 0.4) is 0 Å². The van der Waals surface area contributed by atoms with Gasteiger partial charge in [0.15, 0.2) is 17.1 Å². The van der Waals surface area contributed by atoms with Crippen molar-refractivity contribution in [2.75, 3.05) is 5.75 Å². The van der Waals surface area contributed by atoms with Crippen molar-refractivity contribution >= 4 is 28.6 Å². The van der Waals surface area contributed by atoms with Crippen LogP contribution in [0.15, 0.2) is 29.6 Å². The van der Waals surface area contributed by atoms with E-state index in [2.05, 4.69) is 19.9 Å². The maximum absolute atomic E-state index is 13.5. The summed E-state index contributed by atoms with van der Waals surface area (Å²) in [7, 11) is 1.44. The molecule has 0 spiro atoms. The van der Waals surface area contributed by atoms with Crippen molar-refractivity contribution in [3.63, 3.8) is 0 Å². The van der Waals surface area contributed by atoms with E-state index < -0.39 is 23.7 Å². The second-order valence-corrected chi connectivity index (χ2v) is 7.47. The summed E-state index contributed by atoms with van der Waals surface area (Å²) in [4.78, 5) is 15.8. The smallest absolute Gasteiger partial charge is 0.310 e. The molecule has 6 nitrogen and oxygen atoms in total. The van der Waals surface area contributed by atoms with Crippen LogP contribution in [0.4, 0.5) is 26.3 Å². The first-order chi connectivity index (χ1) is 14.0. The molecule has 4 aromatic heterocycles. The number of halogens is 6. The molecule has 4 rings (SSSR count). The van der Waals surface area contributed by atoms with Crippen molar-refractivity contribution < 1.29 is 26.3 Å². The molecule has 0 fully saturated rings. The molecule has 4 aromatic rings. The van der Waals surface area contributed by atoms with Crippen LogP contribution in [-0.4, -0.2) is 34.7 Å². The van der Waals surface area contributed by atoms with Crippen LogP contribution in [0.5, 0.6) is 0 Å². The minimum absolute atomic E-state index is 0.0493. The summed E-state index contributed by atoms with van der Waals surface area (Å²) in [6.45, 7) is 1.76. The van der Waals surface area contributed by atoms with E-state index in [0.29, 0.717) is 11.9 Å². The fraction of sp³-hybridized carbons (Fsp3) is 0.294. The summed E-state index contributed by atoms with van der Waals surface area (Å²) in [5.74, 6) is 0.533. The van der Waals surface area contributed by atoms with E-state index in [9.17, 15) is 26.3 Å². The summed E-state index contributed by atoms with van der Waals surface area (Å²) in [6, 6.07) is 1.97. The maximum atomic E-state index is 13.5. The Bertz CT molecular complexity index is 1260. The van der Waals surface area contributed by atoms with Crippen LogP contribution in [-0.2, 0) is 19.4 Å². The number of aryl methyl sites for hydroxylation is 1. The zero-order valence-electron chi connectivity index (χ0n) is 15.4. The van der Waals surface area contributed by atoms with Crippen molar-refractivity contribution in [2.24, 2.45) is 7.05 Å². The second kappa shape index (κ2) is 6.86. The molecule has 0 saturated heterocycles. The number of thioether (sulfide) groups is 1. The quantitative estimate of drug-likeness (QED) is 0.333. The van der Waals surface area contributed by atoms with Gasteiger partial charge in [-0.15, -0.1) is 11.8 Å². The van der Waals surface area contributed by atoms with Gasteiger partial charge in [0, 0.05) is 7.05 Å². The van der Waals surface area contributed by atoms with Gasteiger partial charge >= 0.3 is 12.4 Å². The molecule has 0 aromatic carbocycles. The molecule has 0 radical (unpaired) electrons. The number of nitrogens with zero attached hydrogens (tertiary/aromatic N) is 6. The predicted molar refractivity (Wildman–Crippen MR) is 96.9 cm³/mol. The van der Waals surface area contributed by atoms with Crippen molar-refractivity contribution in [3.8, 4) is 11.5 Å². The van der Waals surface area contributed by atoms with Gasteiger partial charge in [-0.2, -0.15) is 26.3 Å². The van der Waals surface area contributed by atoms with E-state index in [-0.39, 0.29) is 33.4 Å². The van der Waals surface area contributed by atoms with Gasteiger partial charge in [-0.1, -0.05) is 6.92 Å². The fourth-order valence-electron chi connectivity index (χ4n) is 3.02. The van der Waals surface area contributed by atoms with Crippen molar-refractivity contribution in [1.82, 2.24) is 28.9 Å². The predicted octanol–water partition coefficient (Wildman–Crippen LogP) is 4.83. The maximum Gasteiger partial charge on any atom is 0.433 e. The number of hydrogen-bond acceptors (Lipinski definition) is 5. The lowest BCUT2D eigenvalue weighted by atomic mass is 10.3. The summed E-state index contributed by atoms with van der Waals surface area (Å²) in [5, 5.41) is 0.164. The van der Waals surface area contributed by atoms with E-state index in [1.54, 1.807) is 6.92 Å². The van der Waals surface area contributed by atoms with E-state index in [0.717, 1.165) is 22.2 Å².